The third-order valence-electron chi connectivity index (χ3n) is 9.77. The first-order valence-corrected chi connectivity index (χ1v) is 17.9. The topological polar surface area (TPSA) is 156 Å². The summed E-state index contributed by atoms with van der Waals surface area (Å²) in [6.45, 7) is 7.15. The van der Waals surface area contributed by atoms with Crippen molar-refractivity contribution in [3.8, 4) is 5.75 Å². The fourth-order valence-electron chi connectivity index (χ4n) is 6.36. The Balaban J connectivity index is 1.71. The molecule has 2 fully saturated rings. The number of epoxide rings is 1. The number of carbonyl (C=O) groups excluding carboxylic acids is 4. The number of methoxy groups -OCH3 is 2. The number of carbonyl (C=O) groups is 4. The number of aliphatic hydroxyl groups is 1. The third kappa shape index (κ3) is 9.78. The molecule has 1 aromatic rings. The first-order chi connectivity index (χ1) is 24.0. The van der Waals surface area contributed by atoms with Crippen LogP contribution in [-0.2, 0) is 39.8 Å². The number of likely N-dealkylation sites (N-methyl/N-ethyl adjacent to an activating group) is 1. The minimum Gasteiger partial charge on any atom is -0.495 e. The molecule has 9 atom stereocenters. The van der Waals surface area contributed by atoms with Crippen molar-refractivity contribution in [3.05, 3.63) is 46.5 Å². The maximum atomic E-state index is 14.0. The van der Waals surface area contributed by atoms with Crippen LogP contribution in [0.25, 0.3) is 0 Å². The number of amides is 3. The first kappa shape index (κ1) is 40.5. The van der Waals surface area contributed by atoms with Crippen molar-refractivity contribution in [3.63, 3.8) is 0 Å². The number of benzene rings is 1. The van der Waals surface area contributed by atoms with Gasteiger partial charge in [-0.25, -0.2) is 9.59 Å². The van der Waals surface area contributed by atoms with E-state index in [2.05, 4.69) is 17.9 Å². The average Bonchev–Trinajstić information content (AvgIpc) is 3.88. The van der Waals surface area contributed by atoms with Gasteiger partial charge in [-0.3, -0.25) is 14.9 Å². The smallest absolute Gasteiger partial charge is 0.409 e. The van der Waals surface area contributed by atoms with Crippen LogP contribution in [0.1, 0.15) is 58.9 Å². The van der Waals surface area contributed by atoms with Crippen molar-refractivity contribution in [1.82, 2.24) is 10.2 Å². The van der Waals surface area contributed by atoms with Crippen LogP contribution in [0.3, 0.4) is 0 Å². The first-order valence-electron chi connectivity index (χ1n) is 17.0. The highest BCUT2D eigenvalue weighted by Crippen LogP contribution is 2.41. The van der Waals surface area contributed by atoms with E-state index in [1.165, 1.54) is 31.1 Å². The van der Waals surface area contributed by atoms with E-state index in [1.54, 1.807) is 45.2 Å². The second kappa shape index (κ2) is 17.0. The summed E-state index contributed by atoms with van der Waals surface area (Å²) in [6, 6.07) is 2.62. The molecule has 0 spiro atoms. The number of rotatable bonds is 8. The number of thiol groups is 1. The summed E-state index contributed by atoms with van der Waals surface area (Å²) in [4.78, 5) is 55.8. The highest BCUT2D eigenvalue weighted by atomic mass is 35.5. The lowest BCUT2D eigenvalue weighted by Gasteiger charge is -2.41. The molecule has 0 saturated carbocycles. The molecule has 0 radical (unpaired) electrons. The maximum absolute atomic E-state index is 14.0. The zero-order chi connectivity index (χ0) is 37.8. The number of esters is 1. The Labute approximate surface area is 310 Å². The van der Waals surface area contributed by atoms with Gasteiger partial charge < -0.3 is 38.6 Å². The average molecular weight is 752 g/mol. The fourth-order valence-corrected chi connectivity index (χ4v) is 6.80. The van der Waals surface area contributed by atoms with Gasteiger partial charge in [0.15, 0.2) is 5.72 Å². The molecule has 0 aromatic heterocycles. The van der Waals surface area contributed by atoms with Crippen molar-refractivity contribution >= 4 is 53.8 Å². The minimum absolute atomic E-state index is 0.0110. The van der Waals surface area contributed by atoms with Gasteiger partial charge in [-0.15, -0.1) is 0 Å². The van der Waals surface area contributed by atoms with Gasteiger partial charge in [-0.2, -0.15) is 12.6 Å². The Kier molecular flexibility index (Phi) is 13.5. The number of alkyl carbamates (subject to hydrolysis) is 1. The normalized spacial score (nSPS) is 31.1. The van der Waals surface area contributed by atoms with Crippen molar-refractivity contribution in [1.29, 1.82) is 0 Å². The molecule has 282 valence electrons. The van der Waals surface area contributed by atoms with Gasteiger partial charge in [0.25, 0.3) is 0 Å². The van der Waals surface area contributed by atoms with E-state index >= 15 is 0 Å². The zero-order valence-corrected chi connectivity index (χ0v) is 32.0. The molecule has 3 aliphatic rings. The van der Waals surface area contributed by atoms with Gasteiger partial charge in [0.1, 0.15) is 41.2 Å². The van der Waals surface area contributed by atoms with Crippen LogP contribution in [0.15, 0.2) is 35.9 Å². The summed E-state index contributed by atoms with van der Waals surface area (Å²) in [6.07, 6.45) is 1.11. The number of nitrogens with zero attached hydrogens (tertiary/aromatic N) is 2. The molecule has 1 aromatic carbocycles. The number of halogens is 1. The summed E-state index contributed by atoms with van der Waals surface area (Å²) >= 11 is 11.1. The SMILES string of the molecule is COc1cc2cc(c1Cl)N(C)C(=O)CC(OC(=O)C(C)N(C)C(=O)CCC(C)S)C1OC1C(C)C1CC(O)(NC(=O)O1)C(OC)/C=C/C=C(\C)C2. The van der Waals surface area contributed by atoms with Crippen molar-refractivity contribution in [2.75, 3.05) is 33.2 Å². The van der Waals surface area contributed by atoms with Crippen LogP contribution in [0.2, 0.25) is 5.02 Å². The molecule has 3 amide bonds. The van der Waals surface area contributed by atoms with Crippen molar-refractivity contribution < 1.29 is 48.0 Å². The molecule has 13 nitrogen and oxygen atoms in total. The van der Waals surface area contributed by atoms with E-state index in [1.807, 2.05) is 19.9 Å². The molecule has 4 bridgehead atoms. The maximum Gasteiger partial charge on any atom is 0.409 e. The highest BCUT2D eigenvalue weighted by molar-refractivity contribution is 7.80. The molecule has 4 rings (SSSR count). The lowest BCUT2D eigenvalue weighted by atomic mass is 9.87. The Bertz CT molecular complexity index is 1540. The van der Waals surface area contributed by atoms with Crippen LogP contribution in [0.5, 0.6) is 5.75 Å². The molecule has 51 heavy (non-hydrogen) atoms. The lowest BCUT2D eigenvalue weighted by Crippen LogP contribution is -2.63. The molecular formula is C36H50ClN3O10S. The number of nitrogens with one attached hydrogen (secondary N) is 1. The van der Waals surface area contributed by atoms with E-state index in [0.717, 1.165) is 11.1 Å². The molecule has 15 heteroatoms. The highest BCUT2D eigenvalue weighted by Gasteiger charge is 2.56. The van der Waals surface area contributed by atoms with Crippen molar-refractivity contribution in [2.45, 2.75) is 107 Å². The molecule has 3 heterocycles. The van der Waals surface area contributed by atoms with Crippen LogP contribution < -0.4 is 15.0 Å². The number of hydrogen-bond donors (Lipinski definition) is 3. The number of ether oxygens (including phenoxy) is 5. The number of hydrogen-bond acceptors (Lipinski definition) is 11. The van der Waals surface area contributed by atoms with Crippen LogP contribution >= 0.6 is 24.2 Å². The summed E-state index contributed by atoms with van der Waals surface area (Å²) in [5.41, 5.74) is 0.326. The monoisotopic (exact) mass is 751 g/mol. The molecule has 3 aliphatic heterocycles. The van der Waals surface area contributed by atoms with Crippen LogP contribution in [0, 0.1) is 5.92 Å². The van der Waals surface area contributed by atoms with Crippen LogP contribution in [-0.4, -0.2) is 110 Å². The predicted molar refractivity (Wildman–Crippen MR) is 194 cm³/mol. The van der Waals surface area contributed by atoms with Crippen LogP contribution in [0.4, 0.5) is 10.5 Å². The number of fused-ring (bicyclic) bond motifs is 5. The standard InChI is InChI=1S/C36H50ClN3O10S/c1-19-10-9-11-28(47-8)36(45)18-27(49-35(44)38-36)21(3)32-33(50-32)26(48-34(43)22(4)39(5)29(41)13-12-20(2)51)17-30(42)40(6)24-15-23(14-19)16-25(46-7)31(24)37/h9-11,15-16,20-22,26-28,32-33,45,51H,12-14,17-18H2,1-8H3,(H,38,44)/b11-9+,19-10+. The Hall–Kier alpha value is -3.30. The fraction of sp³-hybridized carbons (Fsp3) is 0.611. The van der Waals surface area contributed by atoms with Gasteiger partial charge in [0.2, 0.25) is 11.8 Å². The van der Waals surface area contributed by atoms with Crippen molar-refractivity contribution in [2.24, 2.45) is 5.92 Å². The Morgan fingerprint density at radius 3 is 2.59 bits per heavy atom. The predicted octanol–water partition coefficient (Wildman–Crippen LogP) is 4.22. The molecule has 2 saturated heterocycles. The zero-order valence-electron chi connectivity index (χ0n) is 30.4. The lowest BCUT2D eigenvalue weighted by molar-refractivity contribution is -0.159. The third-order valence-corrected chi connectivity index (χ3v) is 10.4. The molecular weight excluding hydrogens is 702 g/mol. The number of anilines is 1. The van der Waals surface area contributed by atoms with Gasteiger partial charge in [0, 0.05) is 40.0 Å². The Morgan fingerprint density at radius 1 is 1.24 bits per heavy atom. The summed E-state index contributed by atoms with van der Waals surface area (Å²) in [5, 5.41) is 14.4. The van der Waals surface area contributed by atoms with Gasteiger partial charge in [0.05, 0.1) is 25.3 Å². The van der Waals surface area contributed by atoms with Gasteiger partial charge >= 0.3 is 12.1 Å². The molecule has 2 N–H and O–H groups in total. The number of allylic oxidation sites excluding steroid dienone is 3. The quantitative estimate of drug-likeness (QED) is 0.200. The van der Waals surface area contributed by atoms with E-state index in [9.17, 15) is 24.3 Å². The Morgan fingerprint density at radius 2 is 1.94 bits per heavy atom. The summed E-state index contributed by atoms with van der Waals surface area (Å²) in [5.74, 6) is -1.50. The largest absolute Gasteiger partial charge is 0.495 e. The second-order valence-electron chi connectivity index (χ2n) is 13.7. The van der Waals surface area contributed by atoms with Gasteiger partial charge in [-0.1, -0.05) is 49.2 Å². The van der Waals surface area contributed by atoms with E-state index in [-0.39, 0.29) is 35.4 Å². The minimum atomic E-state index is -1.81. The van der Waals surface area contributed by atoms with E-state index in [0.29, 0.717) is 24.3 Å². The van der Waals surface area contributed by atoms with Gasteiger partial charge in [-0.05, 0) is 49.6 Å². The van der Waals surface area contributed by atoms with E-state index in [4.69, 9.17) is 35.3 Å². The van der Waals surface area contributed by atoms with E-state index < -0.39 is 66.2 Å². The summed E-state index contributed by atoms with van der Waals surface area (Å²) in [7, 11) is 6.02. The summed E-state index contributed by atoms with van der Waals surface area (Å²) < 4.78 is 28.8. The second-order valence-corrected chi connectivity index (χ2v) is 14.9. The molecule has 0 aliphatic carbocycles. The molecule has 9 unspecified atom stereocenters.